The van der Waals surface area contributed by atoms with Crippen LogP contribution in [0, 0.1) is 0 Å². The average molecular weight is 297 g/mol. The molecule has 0 bridgehead atoms. The van der Waals surface area contributed by atoms with Gasteiger partial charge in [0.2, 0.25) is 0 Å². The monoisotopic (exact) mass is 296 g/mol. The second-order valence-electron chi connectivity index (χ2n) is 3.24. The molecule has 0 saturated carbocycles. The van der Waals surface area contributed by atoms with E-state index in [2.05, 4.69) is 36.0 Å². The number of hydrogen-bond donors (Lipinski definition) is 0. The van der Waals surface area contributed by atoms with Gasteiger partial charge >= 0.3 is 5.97 Å². The van der Waals surface area contributed by atoms with Crippen molar-refractivity contribution in [2.75, 3.05) is 7.11 Å². The summed E-state index contributed by atoms with van der Waals surface area (Å²) in [6.07, 6.45) is 1.52. The Bertz CT molecular complexity index is 541. The number of rotatable bonds is 3. The maximum Gasteiger partial charge on any atom is 0.360 e. The maximum atomic E-state index is 11.2. The van der Waals surface area contributed by atoms with Crippen molar-refractivity contribution in [1.29, 1.82) is 0 Å². The van der Waals surface area contributed by atoms with Gasteiger partial charge in [0.25, 0.3) is 0 Å². The third kappa shape index (κ3) is 2.88. The first-order valence-corrected chi connectivity index (χ1v) is 5.58. The van der Waals surface area contributed by atoms with Gasteiger partial charge < -0.3 is 4.74 Å². The summed E-state index contributed by atoms with van der Waals surface area (Å²) in [5.74, 6) is -0.501. The topological polar surface area (TPSA) is 69.9 Å². The molecule has 17 heavy (non-hydrogen) atoms. The van der Waals surface area contributed by atoms with E-state index in [9.17, 15) is 4.79 Å². The smallest absolute Gasteiger partial charge is 0.360 e. The molecule has 0 unspecified atom stereocenters. The van der Waals surface area contributed by atoms with Crippen LogP contribution < -0.4 is 0 Å². The quantitative estimate of drug-likeness (QED) is 0.630. The molecule has 0 atom stereocenters. The minimum absolute atomic E-state index is 0.183. The van der Waals surface area contributed by atoms with E-state index in [1.54, 1.807) is 0 Å². The summed E-state index contributed by atoms with van der Waals surface area (Å²) < 4.78 is 6.82. The third-order valence-electron chi connectivity index (χ3n) is 2.03. The molecule has 0 N–H and O–H groups in total. The Morgan fingerprint density at radius 2 is 2.35 bits per heavy atom. The van der Waals surface area contributed by atoms with Crippen molar-refractivity contribution in [3.63, 3.8) is 0 Å². The predicted molar refractivity (Wildman–Crippen MR) is 62.4 cm³/mol. The lowest BCUT2D eigenvalue weighted by molar-refractivity contribution is 0.0594. The zero-order valence-electron chi connectivity index (χ0n) is 9.00. The Hall–Kier alpha value is -1.76. The van der Waals surface area contributed by atoms with E-state index in [0.717, 1.165) is 10.3 Å². The van der Waals surface area contributed by atoms with Gasteiger partial charge in [-0.3, -0.25) is 0 Å². The van der Waals surface area contributed by atoms with E-state index in [1.807, 2.05) is 18.2 Å². The summed E-state index contributed by atoms with van der Waals surface area (Å²) in [6.45, 7) is 0.448. The standard InChI is InChI=1S/C10H9BrN4O2/c1-17-10(16)8-6-15(14-13-8)5-7-3-2-4-9(11)12-7/h2-4,6H,5H2,1H3. The second-order valence-corrected chi connectivity index (χ2v) is 4.06. The van der Waals surface area contributed by atoms with Crippen LogP contribution in [0.25, 0.3) is 0 Å². The molecule has 0 amide bonds. The molecular weight excluding hydrogens is 288 g/mol. The Kier molecular flexibility index (Phi) is 3.48. The largest absolute Gasteiger partial charge is 0.464 e. The number of carbonyl (C=O) groups excluding carboxylic acids is 1. The zero-order valence-corrected chi connectivity index (χ0v) is 10.6. The van der Waals surface area contributed by atoms with Crippen molar-refractivity contribution in [3.8, 4) is 0 Å². The molecule has 7 heteroatoms. The fourth-order valence-corrected chi connectivity index (χ4v) is 1.66. The van der Waals surface area contributed by atoms with E-state index in [0.29, 0.717) is 6.54 Å². The van der Waals surface area contributed by atoms with E-state index in [-0.39, 0.29) is 5.69 Å². The van der Waals surface area contributed by atoms with E-state index < -0.39 is 5.97 Å². The highest BCUT2D eigenvalue weighted by atomic mass is 79.9. The van der Waals surface area contributed by atoms with E-state index >= 15 is 0 Å². The lowest BCUT2D eigenvalue weighted by Gasteiger charge is -1.99. The van der Waals surface area contributed by atoms with Crippen LogP contribution in [0.15, 0.2) is 29.0 Å². The lowest BCUT2D eigenvalue weighted by atomic mass is 10.3. The number of esters is 1. The van der Waals surface area contributed by atoms with Gasteiger partial charge in [-0.2, -0.15) is 0 Å². The minimum atomic E-state index is -0.501. The summed E-state index contributed by atoms with van der Waals surface area (Å²) in [5, 5.41) is 7.53. The highest BCUT2D eigenvalue weighted by Crippen LogP contribution is 2.07. The molecule has 0 saturated heterocycles. The third-order valence-corrected chi connectivity index (χ3v) is 2.47. The van der Waals surface area contributed by atoms with Gasteiger partial charge in [-0.1, -0.05) is 11.3 Å². The second kappa shape index (κ2) is 5.05. The minimum Gasteiger partial charge on any atom is -0.464 e. The molecule has 0 aliphatic heterocycles. The molecule has 88 valence electrons. The van der Waals surface area contributed by atoms with Crippen molar-refractivity contribution < 1.29 is 9.53 Å². The van der Waals surface area contributed by atoms with Crippen molar-refractivity contribution >= 4 is 21.9 Å². The molecule has 0 aliphatic rings. The van der Waals surface area contributed by atoms with Crippen LogP contribution in [-0.4, -0.2) is 33.1 Å². The van der Waals surface area contributed by atoms with Gasteiger partial charge in [0.05, 0.1) is 25.5 Å². The van der Waals surface area contributed by atoms with Crippen LogP contribution in [0.3, 0.4) is 0 Å². The van der Waals surface area contributed by atoms with Crippen molar-refractivity contribution in [1.82, 2.24) is 20.0 Å². The number of hydrogen-bond acceptors (Lipinski definition) is 5. The van der Waals surface area contributed by atoms with Gasteiger partial charge in [-0.05, 0) is 28.1 Å². The summed E-state index contributed by atoms with van der Waals surface area (Å²) in [6, 6.07) is 5.58. The lowest BCUT2D eigenvalue weighted by Crippen LogP contribution is -2.03. The van der Waals surface area contributed by atoms with E-state index in [1.165, 1.54) is 18.0 Å². The van der Waals surface area contributed by atoms with Gasteiger partial charge in [-0.15, -0.1) is 5.10 Å². The molecule has 0 spiro atoms. The number of ether oxygens (including phenoxy) is 1. The van der Waals surface area contributed by atoms with Gasteiger partial charge in [0, 0.05) is 0 Å². The molecule has 0 radical (unpaired) electrons. The average Bonchev–Trinajstić information content (AvgIpc) is 2.76. The van der Waals surface area contributed by atoms with Crippen molar-refractivity contribution in [2.45, 2.75) is 6.54 Å². The molecular formula is C10H9BrN4O2. The highest BCUT2D eigenvalue weighted by Gasteiger charge is 2.10. The first kappa shape index (κ1) is 11.7. The van der Waals surface area contributed by atoms with E-state index in [4.69, 9.17) is 0 Å². The highest BCUT2D eigenvalue weighted by molar-refractivity contribution is 9.10. The number of pyridine rings is 1. The summed E-state index contributed by atoms with van der Waals surface area (Å²) in [5.41, 5.74) is 1.00. The molecule has 6 nitrogen and oxygen atoms in total. The Morgan fingerprint density at radius 1 is 1.53 bits per heavy atom. The molecule has 2 heterocycles. The molecule has 0 fully saturated rings. The summed E-state index contributed by atoms with van der Waals surface area (Å²) in [7, 11) is 1.30. The normalized spacial score (nSPS) is 10.2. The fourth-order valence-electron chi connectivity index (χ4n) is 1.28. The van der Waals surface area contributed by atoms with Crippen LogP contribution in [0.5, 0.6) is 0 Å². The zero-order chi connectivity index (χ0) is 12.3. The van der Waals surface area contributed by atoms with Crippen LogP contribution in [0.4, 0.5) is 0 Å². The first-order valence-electron chi connectivity index (χ1n) is 4.79. The summed E-state index contributed by atoms with van der Waals surface area (Å²) in [4.78, 5) is 15.4. The number of halogens is 1. The number of methoxy groups -OCH3 is 1. The predicted octanol–water partition coefficient (Wildman–Crippen LogP) is 1.27. The van der Waals surface area contributed by atoms with Crippen LogP contribution in [0.2, 0.25) is 0 Å². The molecule has 2 aromatic rings. The number of nitrogens with zero attached hydrogens (tertiary/aromatic N) is 4. The van der Waals surface area contributed by atoms with Gasteiger partial charge in [0.15, 0.2) is 5.69 Å². The maximum absolute atomic E-state index is 11.2. The Balaban J connectivity index is 2.14. The fraction of sp³-hybridized carbons (Fsp3) is 0.200. The first-order chi connectivity index (χ1) is 8.19. The Labute approximate surface area is 106 Å². The molecule has 0 aliphatic carbocycles. The number of aromatic nitrogens is 4. The SMILES string of the molecule is COC(=O)c1cn(Cc2cccc(Br)n2)nn1. The molecule has 0 aromatic carbocycles. The molecule has 2 rings (SSSR count). The van der Waals surface area contributed by atoms with Crippen LogP contribution in [0.1, 0.15) is 16.2 Å². The van der Waals surface area contributed by atoms with Crippen LogP contribution >= 0.6 is 15.9 Å². The summed E-state index contributed by atoms with van der Waals surface area (Å²) >= 11 is 3.28. The van der Waals surface area contributed by atoms with Crippen molar-refractivity contribution in [3.05, 3.63) is 40.4 Å². The van der Waals surface area contributed by atoms with Gasteiger partial charge in [-0.25, -0.2) is 14.5 Å². The van der Waals surface area contributed by atoms with Crippen molar-refractivity contribution in [2.24, 2.45) is 0 Å². The molecule has 2 aromatic heterocycles. The Morgan fingerprint density at radius 3 is 3.06 bits per heavy atom. The van der Waals surface area contributed by atoms with Crippen LogP contribution in [-0.2, 0) is 11.3 Å². The van der Waals surface area contributed by atoms with Gasteiger partial charge in [0.1, 0.15) is 4.60 Å². The number of carbonyl (C=O) groups is 1.